The van der Waals surface area contributed by atoms with Gasteiger partial charge in [-0.2, -0.15) is 4.98 Å². The molecule has 3 fully saturated rings. The first-order valence-electron chi connectivity index (χ1n) is 8.90. The highest BCUT2D eigenvalue weighted by Gasteiger charge is 2.44. The van der Waals surface area contributed by atoms with Crippen LogP contribution in [0, 0.1) is 17.7 Å². The zero-order valence-electron chi connectivity index (χ0n) is 14.5. The van der Waals surface area contributed by atoms with Crippen LogP contribution in [0.5, 0.6) is 0 Å². The number of aromatic nitrogens is 2. The van der Waals surface area contributed by atoms with Gasteiger partial charge in [0.1, 0.15) is 0 Å². The van der Waals surface area contributed by atoms with Crippen molar-refractivity contribution in [3.8, 4) is 0 Å². The Kier molecular flexibility index (Phi) is 4.30. The maximum absolute atomic E-state index is 14.2. The van der Waals surface area contributed by atoms with Crippen LogP contribution in [0.3, 0.4) is 0 Å². The van der Waals surface area contributed by atoms with Crippen molar-refractivity contribution in [1.29, 1.82) is 0 Å². The van der Waals surface area contributed by atoms with Gasteiger partial charge in [-0.15, -0.1) is 0 Å². The van der Waals surface area contributed by atoms with Crippen LogP contribution in [0.15, 0.2) is 6.20 Å². The quantitative estimate of drug-likeness (QED) is 0.825. The van der Waals surface area contributed by atoms with Gasteiger partial charge in [0.05, 0.1) is 19.4 Å². The number of rotatable bonds is 4. The molecule has 1 aromatic heterocycles. The van der Waals surface area contributed by atoms with E-state index >= 15 is 0 Å². The average molecular weight is 335 g/mol. The minimum atomic E-state index is -0.345. The molecule has 1 aromatic rings. The Labute approximate surface area is 142 Å². The topological polar surface area (TPSA) is 44.7 Å². The molecule has 0 spiro atoms. The highest BCUT2D eigenvalue weighted by atomic mass is 19.1. The molecule has 4 rings (SSSR count). The Morgan fingerprint density at radius 3 is 2.58 bits per heavy atom. The molecule has 3 heterocycles. The molecule has 6 nitrogen and oxygen atoms in total. The molecule has 3 aliphatic rings. The van der Waals surface area contributed by atoms with Gasteiger partial charge in [-0.1, -0.05) is 0 Å². The van der Waals surface area contributed by atoms with E-state index in [9.17, 15) is 4.39 Å². The summed E-state index contributed by atoms with van der Waals surface area (Å²) in [5.74, 6) is 2.23. The molecule has 0 aromatic carbocycles. The van der Waals surface area contributed by atoms with Crippen molar-refractivity contribution in [3.05, 3.63) is 12.0 Å². The highest BCUT2D eigenvalue weighted by Crippen LogP contribution is 2.43. The van der Waals surface area contributed by atoms with Gasteiger partial charge in [0.15, 0.2) is 11.6 Å². The zero-order valence-corrected chi connectivity index (χ0v) is 14.5. The van der Waals surface area contributed by atoms with Gasteiger partial charge in [0, 0.05) is 32.2 Å². The minimum Gasteiger partial charge on any atom is -0.378 e. The minimum absolute atomic E-state index is 0.345. The smallest absolute Gasteiger partial charge is 0.227 e. The van der Waals surface area contributed by atoms with Gasteiger partial charge >= 0.3 is 0 Å². The highest BCUT2D eigenvalue weighted by molar-refractivity contribution is 5.46. The second kappa shape index (κ2) is 6.44. The van der Waals surface area contributed by atoms with E-state index in [0.717, 1.165) is 19.0 Å². The number of hydrogen-bond donors (Lipinski definition) is 0. The summed E-state index contributed by atoms with van der Waals surface area (Å²) < 4.78 is 19.6. The van der Waals surface area contributed by atoms with Gasteiger partial charge in [-0.05, 0) is 38.8 Å². The third kappa shape index (κ3) is 3.07. The van der Waals surface area contributed by atoms with Gasteiger partial charge in [-0.3, -0.25) is 0 Å². The van der Waals surface area contributed by atoms with Crippen LogP contribution in [0.25, 0.3) is 0 Å². The molecular weight excluding hydrogens is 309 g/mol. The fourth-order valence-corrected chi connectivity index (χ4v) is 4.01. The standard InChI is InChI=1S/C17H26FN5O/c1-21(2)15-11-23(10-13(15)12-3-4-12)17-19-9-14(18)16(20-17)22-5-7-24-8-6-22/h9,12-13,15H,3-8,10-11H2,1-2H3/t13-,15+/m1/s1. The van der Waals surface area contributed by atoms with E-state index in [1.807, 2.05) is 4.90 Å². The fourth-order valence-electron chi connectivity index (χ4n) is 4.01. The Bertz CT molecular complexity index is 578. The van der Waals surface area contributed by atoms with Crippen molar-refractivity contribution in [2.24, 2.45) is 11.8 Å². The molecule has 132 valence electrons. The zero-order chi connectivity index (χ0) is 16.7. The summed E-state index contributed by atoms with van der Waals surface area (Å²) in [6, 6.07) is 0.526. The molecule has 0 N–H and O–H groups in total. The first-order chi connectivity index (χ1) is 11.6. The van der Waals surface area contributed by atoms with E-state index in [0.29, 0.717) is 50.0 Å². The average Bonchev–Trinajstić information content (AvgIpc) is 3.34. The van der Waals surface area contributed by atoms with Crippen LogP contribution >= 0.6 is 0 Å². The summed E-state index contributed by atoms with van der Waals surface area (Å²) in [6.07, 6.45) is 4.00. The first kappa shape index (κ1) is 16.0. The first-order valence-corrected chi connectivity index (χ1v) is 8.90. The van der Waals surface area contributed by atoms with Crippen molar-refractivity contribution >= 4 is 11.8 Å². The summed E-state index contributed by atoms with van der Waals surface area (Å²) in [5, 5.41) is 0. The third-order valence-corrected chi connectivity index (χ3v) is 5.53. The molecule has 1 saturated carbocycles. The van der Waals surface area contributed by atoms with Crippen molar-refractivity contribution < 1.29 is 9.13 Å². The van der Waals surface area contributed by atoms with E-state index in [-0.39, 0.29) is 5.82 Å². The Balaban J connectivity index is 1.55. The van der Waals surface area contributed by atoms with Gasteiger partial charge < -0.3 is 19.4 Å². The Hall–Kier alpha value is -1.47. The van der Waals surface area contributed by atoms with Crippen molar-refractivity contribution in [3.63, 3.8) is 0 Å². The summed E-state index contributed by atoms with van der Waals surface area (Å²) in [5.41, 5.74) is 0. The van der Waals surface area contributed by atoms with Gasteiger partial charge in [0.25, 0.3) is 0 Å². The summed E-state index contributed by atoms with van der Waals surface area (Å²) in [4.78, 5) is 15.4. The van der Waals surface area contributed by atoms with Crippen molar-refractivity contribution in [2.75, 3.05) is 63.3 Å². The second-order valence-corrected chi connectivity index (χ2v) is 7.38. The third-order valence-electron chi connectivity index (χ3n) is 5.53. The molecule has 0 bridgehead atoms. The molecular formula is C17H26FN5O. The molecule has 2 atom stereocenters. The summed E-state index contributed by atoms with van der Waals surface area (Å²) in [6.45, 7) is 4.49. The molecule has 2 aliphatic heterocycles. The van der Waals surface area contributed by atoms with Crippen LogP contribution in [0.1, 0.15) is 12.8 Å². The summed E-state index contributed by atoms with van der Waals surface area (Å²) in [7, 11) is 4.29. The van der Waals surface area contributed by atoms with E-state index in [4.69, 9.17) is 4.74 Å². The predicted molar refractivity (Wildman–Crippen MR) is 90.9 cm³/mol. The van der Waals surface area contributed by atoms with E-state index in [1.165, 1.54) is 19.0 Å². The fraction of sp³-hybridized carbons (Fsp3) is 0.765. The van der Waals surface area contributed by atoms with E-state index in [1.54, 1.807) is 0 Å². The van der Waals surface area contributed by atoms with Crippen LogP contribution in [-0.4, -0.2) is 74.4 Å². The number of likely N-dealkylation sites (N-methyl/N-ethyl adjacent to an activating group) is 1. The van der Waals surface area contributed by atoms with Crippen LogP contribution in [0.2, 0.25) is 0 Å². The lowest BCUT2D eigenvalue weighted by Gasteiger charge is -2.28. The van der Waals surface area contributed by atoms with Gasteiger partial charge in [0.2, 0.25) is 5.95 Å². The summed E-state index contributed by atoms with van der Waals surface area (Å²) >= 11 is 0. The second-order valence-electron chi connectivity index (χ2n) is 7.38. The maximum Gasteiger partial charge on any atom is 0.227 e. The number of hydrogen-bond acceptors (Lipinski definition) is 6. The van der Waals surface area contributed by atoms with Crippen LogP contribution in [0.4, 0.5) is 16.2 Å². The normalized spacial score (nSPS) is 28.0. The number of anilines is 2. The molecule has 0 amide bonds. The Morgan fingerprint density at radius 2 is 1.92 bits per heavy atom. The Morgan fingerprint density at radius 1 is 1.17 bits per heavy atom. The van der Waals surface area contributed by atoms with Crippen molar-refractivity contribution in [1.82, 2.24) is 14.9 Å². The maximum atomic E-state index is 14.2. The molecule has 7 heteroatoms. The van der Waals surface area contributed by atoms with Crippen LogP contribution in [-0.2, 0) is 4.74 Å². The molecule has 24 heavy (non-hydrogen) atoms. The predicted octanol–water partition coefficient (Wildman–Crippen LogP) is 1.23. The lowest BCUT2D eigenvalue weighted by Crippen LogP contribution is -2.38. The van der Waals surface area contributed by atoms with Gasteiger partial charge in [-0.25, -0.2) is 9.37 Å². The largest absolute Gasteiger partial charge is 0.378 e. The van der Waals surface area contributed by atoms with Crippen molar-refractivity contribution in [2.45, 2.75) is 18.9 Å². The molecule has 0 radical (unpaired) electrons. The molecule has 1 aliphatic carbocycles. The molecule has 0 unspecified atom stereocenters. The number of nitrogens with zero attached hydrogens (tertiary/aromatic N) is 5. The SMILES string of the molecule is CN(C)[C@H]1CN(c2ncc(F)c(N3CCOCC3)n2)C[C@@H]1C1CC1. The number of halogens is 1. The molecule has 2 saturated heterocycles. The monoisotopic (exact) mass is 335 g/mol. The van der Waals surface area contributed by atoms with Crippen LogP contribution < -0.4 is 9.80 Å². The van der Waals surface area contributed by atoms with E-state index < -0.39 is 0 Å². The lowest BCUT2D eigenvalue weighted by atomic mass is 9.97. The lowest BCUT2D eigenvalue weighted by molar-refractivity contribution is 0.122. The number of morpholine rings is 1. The number of ether oxygens (including phenoxy) is 1. The van der Waals surface area contributed by atoms with E-state index in [2.05, 4.69) is 33.9 Å².